The van der Waals surface area contributed by atoms with Crippen LogP contribution in [0.2, 0.25) is 0 Å². The summed E-state index contributed by atoms with van der Waals surface area (Å²) in [6.45, 7) is 2.95. The molecule has 2 aromatic carbocycles. The maximum absolute atomic E-state index is 13.9. The lowest BCUT2D eigenvalue weighted by molar-refractivity contribution is 0.398. The Morgan fingerprint density at radius 2 is 1.65 bits per heavy atom. The minimum absolute atomic E-state index is 0.282. The lowest BCUT2D eigenvalue weighted by Crippen LogP contribution is -2.31. The molecule has 0 radical (unpaired) electrons. The summed E-state index contributed by atoms with van der Waals surface area (Å²) in [7, 11) is -3.71. The summed E-state index contributed by atoms with van der Waals surface area (Å²) in [4.78, 5) is 0.317. The minimum atomic E-state index is -3.71. The molecule has 1 aliphatic rings. The predicted molar refractivity (Wildman–Crippen MR) is 124 cm³/mol. The van der Waals surface area contributed by atoms with Crippen LogP contribution in [0.1, 0.15) is 57.1 Å². The van der Waals surface area contributed by atoms with Crippen molar-refractivity contribution in [2.45, 2.75) is 62.9 Å². The molecule has 1 heterocycles. The van der Waals surface area contributed by atoms with Crippen LogP contribution >= 0.6 is 0 Å². The number of hydrogen-bond donors (Lipinski definition) is 0. The van der Waals surface area contributed by atoms with Crippen LogP contribution in [0.15, 0.2) is 71.8 Å². The van der Waals surface area contributed by atoms with E-state index in [2.05, 4.69) is 6.92 Å². The van der Waals surface area contributed by atoms with Crippen LogP contribution in [0.3, 0.4) is 0 Å². The number of rotatable bonds is 9. The third-order valence-electron chi connectivity index (χ3n) is 6.03. The quantitative estimate of drug-likeness (QED) is 0.434. The molecule has 1 fully saturated rings. The van der Waals surface area contributed by atoms with Gasteiger partial charge in [-0.25, -0.2) is 8.42 Å². The Morgan fingerprint density at radius 1 is 1.00 bits per heavy atom. The van der Waals surface area contributed by atoms with Crippen LogP contribution in [0.4, 0.5) is 0 Å². The molecule has 0 spiro atoms. The van der Waals surface area contributed by atoms with Gasteiger partial charge in [0.2, 0.25) is 10.0 Å². The lowest BCUT2D eigenvalue weighted by Gasteiger charge is -2.22. The van der Waals surface area contributed by atoms with Gasteiger partial charge in [0, 0.05) is 24.8 Å². The zero-order valence-corrected chi connectivity index (χ0v) is 19.0. The fourth-order valence-corrected chi connectivity index (χ4v) is 5.87. The molecule has 1 aromatic heterocycles. The van der Waals surface area contributed by atoms with Crippen molar-refractivity contribution >= 4 is 10.0 Å². The number of unbranched alkanes of at least 4 members (excludes halogenated alkanes) is 1. The fourth-order valence-electron chi connectivity index (χ4n) is 4.26. The molecule has 31 heavy (non-hydrogen) atoms. The lowest BCUT2D eigenvalue weighted by atomic mass is 10.2. The van der Waals surface area contributed by atoms with Crippen molar-refractivity contribution in [1.29, 1.82) is 0 Å². The van der Waals surface area contributed by atoms with Gasteiger partial charge < -0.3 is 0 Å². The monoisotopic (exact) mass is 437 g/mol. The van der Waals surface area contributed by atoms with Gasteiger partial charge in [-0.3, -0.25) is 4.68 Å². The Bertz CT molecular complexity index is 1070. The Balaban J connectivity index is 1.76. The van der Waals surface area contributed by atoms with Gasteiger partial charge in [0.25, 0.3) is 0 Å². The fraction of sp³-hybridized carbons (Fsp3) is 0.400. The first kappa shape index (κ1) is 21.8. The zero-order chi connectivity index (χ0) is 21.7. The third kappa shape index (κ3) is 4.91. The largest absolute Gasteiger partial charge is 0.268 e. The molecule has 3 aromatic rings. The molecule has 1 saturated carbocycles. The van der Waals surface area contributed by atoms with E-state index in [0.29, 0.717) is 23.7 Å². The molecule has 4 rings (SSSR count). The van der Waals surface area contributed by atoms with Crippen LogP contribution < -0.4 is 0 Å². The van der Waals surface area contributed by atoms with Crippen LogP contribution in [0, 0.1) is 0 Å². The van der Waals surface area contributed by atoms with Crippen molar-refractivity contribution in [2.75, 3.05) is 6.54 Å². The summed E-state index contributed by atoms with van der Waals surface area (Å²) in [5.74, 6) is 0. The zero-order valence-electron chi connectivity index (χ0n) is 18.2. The topological polar surface area (TPSA) is 55.2 Å². The van der Waals surface area contributed by atoms with E-state index in [-0.39, 0.29) is 6.04 Å². The summed E-state index contributed by atoms with van der Waals surface area (Å²) in [6.07, 6.45) is 7.99. The van der Waals surface area contributed by atoms with Crippen molar-refractivity contribution in [3.8, 4) is 11.3 Å². The molecule has 0 atom stereocenters. The van der Waals surface area contributed by atoms with Crippen LogP contribution in [-0.2, 0) is 16.6 Å². The van der Waals surface area contributed by atoms with E-state index in [1.165, 1.54) is 12.8 Å². The molecule has 0 N–H and O–H groups in total. The predicted octanol–water partition coefficient (Wildman–Crippen LogP) is 5.66. The second-order valence-electron chi connectivity index (χ2n) is 8.30. The van der Waals surface area contributed by atoms with Crippen molar-refractivity contribution in [2.24, 2.45) is 0 Å². The van der Waals surface area contributed by atoms with E-state index < -0.39 is 10.0 Å². The smallest absolute Gasteiger partial charge is 0.247 e. The highest BCUT2D eigenvalue weighted by atomic mass is 32.2. The molecule has 0 saturated heterocycles. The summed E-state index contributed by atoms with van der Waals surface area (Å²) in [5, 5.41) is 4.81. The highest BCUT2D eigenvalue weighted by Gasteiger charge is 2.31. The number of benzene rings is 2. The molecule has 0 amide bonds. The highest BCUT2D eigenvalue weighted by molar-refractivity contribution is 7.89. The van der Waals surface area contributed by atoms with Gasteiger partial charge in [-0.2, -0.15) is 9.40 Å². The molecular weight excluding hydrogens is 406 g/mol. The molecule has 6 heteroatoms. The van der Waals surface area contributed by atoms with Crippen molar-refractivity contribution in [3.63, 3.8) is 0 Å². The maximum atomic E-state index is 13.9. The number of sulfonamides is 1. The molecule has 1 aliphatic carbocycles. The molecular formula is C25H31N3O2S. The van der Waals surface area contributed by atoms with E-state index >= 15 is 0 Å². The van der Waals surface area contributed by atoms with Gasteiger partial charge in [0.05, 0.1) is 6.04 Å². The molecule has 0 bridgehead atoms. The normalized spacial score (nSPS) is 15.0. The van der Waals surface area contributed by atoms with E-state index in [1.807, 2.05) is 65.3 Å². The van der Waals surface area contributed by atoms with Gasteiger partial charge in [0.1, 0.15) is 10.6 Å². The number of nitrogens with zero attached hydrogens (tertiary/aromatic N) is 3. The summed E-state index contributed by atoms with van der Waals surface area (Å²) in [6, 6.07) is 19.8. The van der Waals surface area contributed by atoms with E-state index in [0.717, 1.165) is 36.8 Å². The van der Waals surface area contributed by atoms with Crippen LogP contribution in [0.25, 0.3) is 11.3 Å². The van der Waals surface area contributed by atoms with Crippen molar-refractivity contribution < 1.29 is 8.42 Å². The number of hydrogen-bond acceptors (Lipinski definition) is 3. The Morgan fingerprint density at radius 3 is 2.29 bits per heavy atom. The molecule has 0 aliphatic heterocycles. The second kappa shape index (κ2) is 9.79. The van der Waals surface area contributed by atoms with Gasteiger partial charge >= 0.3 is 0 Å². The second-order valence-corrected chi connectivity index (χ2v) is 10.2. The molecule has 164 valence electrons. The Labute approximate surface area is 185 Å². The summed E-state index contributed by atoms with van der Waals surface area (Å²) in [5.41, 5.74) is 2.39. The van der Waals surface area contributed by atoms with Crippen molar-refractivity contribution in [1.82, 2.24) is 14.1 Å². The molecule has 5 nitrogen and oxygen atoms in total. The first-order valence-electron chi connectivity index (χ1n) is 11.3. The first-order valence-corrected chi connectivity index (χ1v) is 12.7. The van der Waals surface area contributed by atoms with Gasteiger partial charge in [-0.05, 0) is 24.8 Å². The average Bonchev–Trinajstić information content (AvgIpc) is 3.48. The van der Waals surface area contributed by atoms with Gasteiger partial charge in [-0.15, -0.1) is 0 Å². The first-order chi connectivity index (χ1) is 15.1. The van der Waals surface area contributed by atoms with Crippen LogP contribution in [-0.4, -0.2) is 29.0 Å². The van der Waals surface area contributed by atoms with Crippen molar-refractivity contribution in [3.05, 3.63) is 72.4 Å². The summed E-state index contributed by atoms with van der Waals surface area (Å²) >= 11 is 0. The minimum Gasteiger partial charge on any atom is -0.268 e. The number of aromatic nitrogens is 2. The Hall–Kier alpha value is -2.44. The van der Waals surface area contributed by atoms with E-state index in [1.54, 1.807) is 10.5 Å². The standard InChI is InChI=1S/C25H31N3O2S/c1-2-3-18-27(19-21-12-6-4-7-13-21)31(29,30)24-20-28(23-16-10-11-17-23)26-25(24)22-14-8-5-9-15-22/h4-9,12-15,20,23H,2-3,10-11,16-19H2,1H3. The van der Waals surface area contributed by atoms with Crippen LogP contribution in [0.5, 0.6) is 0 Å². The maximum Gasteiger partial charge on any atom is 0.247 e. The third-order valence-corrected chi connectivity index (χ3v) is 7.87. The average molecular weight is 438 g/mol. The Kier molecular flexibility index (Phi) is 6.88. The van der Waals surface area contributed by atoms with Gasteiger partial charge in [0.15, 0.2) is 0 Å². The summed E-state index contributed by atoms with van der Waals surface area (Å²) < 4.78 is 31.4. The van der Waals surface area contributed by atoms with E-state index in [4.69, 9.17) is 5.10 Å². The van der Waals surface area contributed by atoms with E-state index in [9.17, 15) is 8.42 Å². The highest BCUT2D eigenvalue weighted by Crippen LogP contribution is 2.34. The van der Waals surface area contributed by atoms with Gasteiger partial charge in [-0.1, -0.05) is 86.8 Å². The molecule has 0 unspecified atom stereocenters. The SMILES string of the molecule is CCCCN(Cc1ccccc1)S(=O)(=O)c1cn(C2CCCC2)nc1-c1ccccc1.